The Labute approximate surface area is 501 Å². The molecule has 0 unspecified atom stereocenters. The zero-order valence-corrected chi connectivity index (χ0v) is 50.6. The van der Waals surface area contributed by atoms with Crippen molar-refractivity contribution in [3.8, 4) is 5.75 Å². The number of hydrogen-bond acceptors (Lipinski definition) is 15. The van der Waals surface area contributed by atoms with E-state index in [1.165, 1.54) is 0 Å². The highest BCUT2D eigenvalue weighted by Crippen LogP contribution is 2.31. The Morgan fingerprint density at radius 3 is 2.20 bits per heavy atom. The van der Waals surface area contributed by atoms with Crippen molar-refractivity contribution in [2.75, 3.05) is 51.8 Å². The molecule has 5 rings (SSSR count). The number of benzene rings is 2. The molecule has 1 aromatic heterocycles. The molecule has 86 heavy (non-hydrogen) atoms. The lowest BCUT2D eigenvalue weighted by molar-refractivity contribution is -0.141. The number of aliphatic carboxylic acids is 1. The van der Waals surface area contributed by atoms with Gasteiger partial charge in [-0.05, 0) is 78.6 Å². The maximum atomic E-state index is 13.9. The normalized spacial score (nSPS) is 15.9. The van der Waals surface area contributed by atoms with Gasteiger partial charge in [-0.1, -0.05) is 91.6 Å². The lowest BCUT2D eigenvalue weighted by Crippen LogP contribution is -2.58. The van der Waals surface area contributed by atoms with E-state index < -0.39 is 108 Å². The van der Waals surface area contributed by atoms with Crippen LogP contribution >= 0.6 is 0 Å². The number of nitrogens with two attached hydrogens (primary N) is 2. The second kappa shape index (κ2) is 32.5. The van der Waals surface area contributed by atoms with E-state index in [9.17, 15) is 48.3 Å². The summed E-state index contributed by atoms with van der Waals surface area (Å²) >= 11 is 0. The predicted octanol–water partition coefficient (Wildman–Crippen LogP) is 2.86. The van der Waals surface area contributed by atoms with Gasteiger partial charge in [-0.15, -0.1) is 0 Å². The maximum Gasteiger partial charge on any atom is 0.407 e. The van der Waals surface area contributed by atoms with Gasteiger partial charge in [0.15, 0.2) is 5.82 Å². The Morgan fingerprint density at radius 2 is 1.53 bits per heavy atom. The molecule has 9 amide bonds. The number of carboxylic acids is 1. The average Bonchev–Trinajstić information content (AvgIpc) is 2.52. The van der Waals surface area contributed by atoms with E-state index in [4.69, 9.17) is 30.7 Å². The van der Waals surface area contributed by atoms with E-state index in [0.717, 1.165) is 77.6 Å². The number of nitrogens with one attached hydrogen (secondary N) is 7. The number of anilines is 1. The fourth-order valence-electron chi connectivity index (χ4n) is 9.36. The van der Waals surface area contributed by atoms with Crippen molar-refractivity contribution in [2.45, 2.75) is 143 Å². The van der Waals surface area contributed by atoms with Crippen LogP contribution in [0, 0.1) is 11.3 Å². The average molecular weight is 1200 g/mol. The number of carboxylic acid groups (broad SMARTS) is 1. The molecule has 12 N–H and O–H groups in total. The second-order valence-corrected chi connectivity index (χ2v) is 23.1. The number of unbranched alkanes of at least 4 members (excludes halogenated alkanes) is 2. The molecule has 2 aliphatic rings. The van der Waals surface area contributed by atoms with Crippen molar-refractivity contribution >= 4 is 77.0 Å². The monoisotopic (exact) mass is 1190 g/mol. The third-order valence-corrected chi connectivity index (χ3v) is 14.3. The molecular formula is C61H86N12O13. The fourth-order valence-corrected chi connectivity index (χ4v) is 9.36. The van der Waals surface area contributed by atoms with Gasteiger partial charge in [-0.25, -0.2) is 14.6 Å². The smallest absolute Gasteiger partial charge is 0.407 e. The number of alkyl carbamates (subject to hydrolysis) is 1. The summed E-state index contributed by atoms with van der Waals surface area (Å²) in [7, 11) is 1.67. The number of hydrogen-bond donors (Lipinski definition) is 10. The van der Waals surface area contributed by atoms with Gasteiger partial charge >= 0.3 is 18.1 Å². The summed E-state index contributed by atoms with van der Waals surface area (Å²) in [6, 6.07) is 10.0. The van der Waals surface area contributed by atoms with Crippen LogP contribution in [-0.2, 0) is 61.6 Å². The van der Waals surface area contributed by atoms with Gasteiger partial charge in [0.05, 0.1) is 32.2 Å². The predicted molar refractivity (Wildman–Crippen MR) is 323 cm³/mol. The van der Waals surface area contributed by atoms with Crippen LogP contribution in [0.4, 0.5) is 15.3 Å². The van der Waals surface area contributed by atoms with Gasteiger partial charge in [0.25, 0.3) is 11.8 Å². The summed E-state index contributed by atoms with van der Waals surface area (Å²) in [5.74, 6) is -4.53. The number of amidine groups is 1. The number of aromatic nitrogens is 1. The standard InChI is InChI=1S/C61H86N12O13/c1-9-10-11-28-64-54-53-40(14-12-16-47(62)70-54)27-30-72(53)32-41-19-20-42(31-46(41)84-8)61(6,7)37-85-36-60(4,5)35-66-59(83)86-34-39-17-21-43(22-18-39)67-55(79)44(15-13-29-65-58(63)82)69-57(81)52(38(2)3)71-56(80)45(23-26-51(77)78)68-48(74)33-73-49(75)24-25-50(73)76/h14,17-22,24-25,27,30-31,38,44-45,52,64H,9-13,15-16,23,26,28-29,32-37H2,1-8H3,(H2,62,70)(H,66,83)(H,67,79)(H,68,74)(H,69,81)(H,71,80)(H,77,78)(H3,63,65,82)/b40-14-,54-53+/t44-,45-,52-/m0/s1. The van der Waals surface area contributed by atoms with Gasteiger partial charge in [0, 0.05) is 72.9 Å². The van der Waals surface area contributed by atoms with Crippen LogP contribution in [0.15, 0.2) is 71.9 Å². The molecule has 3 atom stereocenters. The number of imide groups is 1. The van der Waals surface area contributed by atoms with Crippen LogP contribution in [0.25, 0.3) is 11.9 Å². The van der Waals surface area contributed by atoms with Crippen LogP contribution in [0.3, 0.4) is 0 Å². The summed E-state index contributed by atoms with van der Waals surface area (Å²) in [4.78, 5) is 119. The number of aliphatic imine (C=N–C) groups is 1. The SMILES string of the molecule is CCCCCNC1=c2/c(ccn2Cc2ccc(C(C)(C)COCC(C)(C)CNC(=O)OCc3ccc(NC(=O)[C@H](CCCNC(N)=O)NC(=O)[C@@H](NC(=O)[C@H](CCC(=O)O)NC(=O)CN4C(=O)C=CC4=O)C(C)C)cc3)cc2OC)=C\CC/C(N)=N\1. The van der Waals surface area contributed by atoms with Crippen molar-refractivity contribution in [3.63, 3.8) is 0 Å². The zero-order valence-electron chi connectivity index (χ0n) is 50.6. The first-order valence-electron chi connectivity index (χ1n) is 29.0. The molecule has 25 heteroatoms. The van der Waals surface area contributed by atoms with Gasteiger partial charge in [-0.2, -0.15) is 0 Å². The van der Waals surface area contributed by atoms with Crippen LogP contribution in [0.2, 0.25) is 0 Å². The van der Waals surface area contributed by atoms with Crippen molar-refractivity contribution in [2.24, 2.45) is 27.8 Å². The molecule has 0 fully saturated rings. The largest absolute Gasteiger partial charge is 0.496 e. The molecule has 0 aliphatic carbocycles. The van der Waals surface area contributed by atoms with E-state index in [2.05, 4.69) is 99.1 Å². The second-order valence-electron chi connectivity index (χ2n) is 23.1. The molecule has 0 saturated carbocycles. The van der Waals surface area contributed by atoms with Gasteiger partial charge in [0.1, 0.15) is 42.9 Å². The molecule has 0 spiro atoms. The molecule has 0 radical (unpaired) electrons. The number of amides is 9. The number of carbonyl (C=O) groups is 9. The highest BCUT2D eigenvalue weighted by atomic mass is 16.5. The Kier molecular flexibility index (Phi) is 25.7. The third kappa shape index (κ3) is 21.4. The van der Waals surface area contributed by atoms with Gasteiger partial charge < -0.3 is 72.6 Å². The van der Waals surface area contributed by atoms with Crippen LogP contribution < -0.4 is 64.0 Å². The van der Waals surface area contributed by atoms with E-state index >= 15 is 0 Å². The molecular weight excluding hydrogens is 1110 g/mol. The lowest BCUT2D eigenvalue weighted by Gasteiger charge is -2.30. The van der Waals surface area contributed by atoms with E-state index in [-0.39, 0.29) is 32.5 Å². The number of rotatable bonds is 34. The van der Waals surface area contributed by atoms with Crippen LogP contribution in [0.5, 0.6) is 5.75 Å². The molecule has 0 bridgehead atoms. The van der Waals surface area contributed by atoms with E-state index in [0.29, 0.717) is 48.2 Å². The summed E-state index contributed by atoms with van der Waals surface area (Å²) in [6.45, 7) is 15.2. The first kappa shape index (κ1) is 68.0. The Hall–Kier alpha value is -8.74. The van der Waals surface area contributed by atoms with Gasteiger partial charge in [0.2, 0.25) is 23.6 Å². The first-order valence-corrected chi connectivity index (χ1v) is 29.0. The molecule has 2 aliphatic heterocycles. The number of fused-ring (bicyclic) bond motifs is 1. The van der Waals surface area contributed by atoms with E-state index in [1.54, 1.807) is 45.2 Å². The molecule has 3 aromatic rings. The maximum absolute atomic E-state index is 13.9. The van der Waals surface area contributed by atoms with Crippen molar-refractivity contribution < 1.29 is 62.5 Å². The number of ether oxygens (including phenoxy) is 3. The molecule has 3 heterocycles. The topological polar surface area (TPSA) is 358 Å². The Morgan fingerprint density at radius 1 is 0.826 bits per heavy atom. The first-order chi connectivity index (χ1) is 40.8. The lowest BCUT2D eigenvalue weighted by atomic mass is 9.84. The minimum Gasteiger partial charge on any atom is -0.496 e. The van der Waals surface area contributed by atoms with E-state index in [1.807, 2.05) is 13.8 Å². The van der Waals surface area contributed by atoms with Crippen LogP contribution in [0.1, 0.15) is 123 Å². The summed E-state index contributed by atoms with van der Waals surface area (Å²) in [6.07, 6.45) is 9.63. The molecule has 2 aromatic carbocycles. The van der Waals surface area contributed by atoms with Gasteiger partial charge in [-0.3, -0.25) is 38.5 Å². The highest BCUT2D eigenvalue weighted by molar-refractivity contribution is 6.14. The van der Waals surface area contributed by atoms with Crippen LogP contribution in [-0.4, -0.2) is 139 Å². The summed E-state index contributed by atoms with van der Waals surface area (Å²) in [5.41, 5.74) is 13.6. The minimum atomic E-state index is -1.49. The highest BCUT2D eigenvalue weighted by Gasteiger charge is 2.34. The van der Waals surface area contributed by atoms with Crippen molar-refractivity contribution in [3.05, 3.63) is 94.1 Å². The summed E-state index contributed by atoms with van der Waals surface area (Å²) < 4.78 is 20.0. The number of carbonyl (C=O) groups excluding carboxylic acids is 8. The zero-order chi connectivity index (χ0) is 63.1. The number of methoxy groups -OCH3 is 1. The number of primary amides is 1. The Balaban J connectivity index is 1.12. The fraction of sp³-hybridized carbons (Fsp3) is 0.508. The Bertz CT molecular complexity index is 3080. The number of nitrogens with zero attached hydrogens (tertiary/aromatic N) is 3. The summed E-state index contributed by atoms with van der Waals surface area (Å²) in [5, 5.41) is 30.5. The van der Waals surface area contributed by atoms with Crippen molar-refractivity contribution in [1.29, 1.82) is 0 Å². The minimum absolute atomic E-state index is 0.00559. The third-order valence-electron chi connectivity index (χ3n) is 14.3. The van der Waals surface area contributed by atoms with Crippen molar-refractivity contribution in [1.82, 2.24) is 41.4 Å². The molecule has 25 nitrogen and oxygen atoms in total. The molecule has 0 saturated heterocycles. The molecule has 468 valence electrons. The number of urea groups is 1. The quantitative estimate of drug-likeness (QED) is 0.0304.